The van der Waals surface area contributed by atoms with Crippen LogP contribution in [0.3, 0.4) is 0 Å². The Kier molecular flexibility index (Phi) is 5.06. The third-order valence-electron chi connectivity index (χ3n) is 2.31. The number of pyridine rings is 1. The highest BCUT2D eigenvalue weighted by Gasteiger charge is 2.12. The summed E-state index contributed by atoms with van der Waals surface area (Å²) in [5.74, 6) is -0.986. The first-order chi connectivity index (χ1) is 7.97. The predicted molar refractivity (Wildman–Crippen MR) is 63.6 cm³/mol. The summed E-state index contributed by atoms with van der Waals surface area (Å²) in [4.78, 5) is 16.6. The zero-order valence-corrected chi connectivity index (χ0v) is 10.1. The molecule has 5 heteroatoms. The van der Waals surface area contributed by atoms with Crippen LogP contribution in [0.5, 0.6) is 0 Å². The second-order valence-electron chi connectivity index (χ2n) is 4.22. The van der Waals surface area contributed by atoms with E-state index in [9.17, 15) is 9.90 Å². The molecule has 0 bridgehead atoms. The molecule has 17 heavy (non-hydrogen) atoms. The lowest BCUT2D eigenvalue weighted by atomic mass is 10.2. The number of rotatable bonds is 6. The lowest BCUT2D eigenvalue weighted by molar-refractivity contribution is -0.139. The third-order valence-corrected chi connectivity index (χ3v) is 2.31. The van der Waals surface area contributed by atoms with Crippen molar-refractivity contribution in [3.63, 3.8) is 0 Å². The van der Waals surface area contributed by atoms with E-state index in [1.54, 1.807) is 0 Å². The highest BCUT2D eigenvalue weighted by atomic mass is 16.4. The number of aliphatic carboxylic acids is 1. The molecule has 5 nitrogen and oxygen atoms in total. The number of likely N-dealkylation sites (N-methyl/N-ethyl adjacent to an activating group) is 1. The summed E-state index contributed by atoms with van der Waals surface area (Å²) in [5.41, 5.74) is 1.86. The number of carboxylic acid groups (broad SMARTS) is 1. The highest BCUT2D eigenvalue weighted by molar-refractivity contribution is 5.67. The van der Waals surface area contributed by atoms with Crippen LogP contribution >= 0.6 is 0 Å². The summed E-state index contributed by atoms with van der Waals surface area (Å²) in [5, 5.41) is 18.0. The monoisotopic (exact) mass is 238 g/mol. The van der Waals surface area contributed by atoms with Crippen molar-refractivity contribution in [3.05, 3.63) is 29.6 Å². The first-order valence-electron chi connectivity index (χ1n) is 5.48. The Balaban J connectivity index is 2.44. The van der Waals surface area contributed by atoms with Crippen molar-refractivity contribution in [2.45, 2.75) is 26.0 Å². The second kappa shape index (κ2) is 6.32. The molecule has 1 atom stereocenters. The number of carbonyl (C=O) groups is 1. The Labute approximate surface area is 101 Å². The fourth-order valence-corrected chi connectivity index (χ4v) is 1.65. The first kappa shape index (κ1) is 13.6. The average molecular weight is 238 g/mol. The zero-order chi connectivity index (χ0) is 12.8. The van der Waals surface area contributed by atoms with E-state index < -0.39 is 12.1 Å². The normalized spacial score (nSPS) is 12.7. The van der Waals surface area contributed by atoms with Crippen LogP contribution in [0.25, 0.3) is 0 Å². The minimum absolute atomic E-state index is 0.231. The number of aliphatic hydroxyl groups excluding tert-OH is 1. The fourth-order valence-electron chi connectivity index (χ4n) is 1.65. The molecule has 0 spiro atoms. The van der Waals surface area contributed by atoms with Crippen molar-refractivity contribution in [2.24, 2.45) is 0 Å². The van der Waals surface area contributed by atoms with Gasteiger partial charge in [-0.1, -0.05) is 6.07 Å². The van der Waals surface area contributed by atoms with E-state index in [1.165, 1.54) is 0 Å². The third kappa shape index (κ3) is 5.42. The molecule has 0 saturated carbocycles. The quantitative estimate of drug-likeness (QED) is 0.761. The number of nitrogens with zero attached hydrogens (tertiary/aromatic N) is 2. The molecule has 0 aliphatic carbocycles. The van der Waals surface area contributed by atoms with Crippen LogP contribution in [0.2, 0.25) is 0 Å². The molecular weight excluding hydrogens is 220 g/mol. The van der Waals surface area contributed by atoms with Crippen LogP contribution in [0.4, 0.5) is 0 Å². The zero-order valence-electron chi connectivity index (χ0n) is 10.1. The van der Waals surface area contributed by atoms with Crippen molar-refractivity contribution in [1.29, 1.82) is 0 Å². The SMILES string of the molecule is Cc1cccc(CN(C)CC(O)CC(=O)O)n1. The van der Waals surface area contributed by atoms with Crippen LogP contribution in [0.1, 0.15) is 17.8 Å². The van der Waals surface area contributed by atoms with Gasteiger partial charge in [-0.25, -0.2) is 0 Å². The number of aromatic nitrogens is 1. The van der Waals surface area contributed by atoms with Gasteiger partial charge in [0.2, 0.25) is 0 Å². The van der Waals surface area contributed by atoms with E-state index in [2.05, 4.69) is 4.98 Å². The molecule has 0 aromatic carbocycles. The maximum atomic E-state index is 10.4. The summed E-state index contributed by atoms with van der Waals surface area (Å²) >= 11 is 0. The predicted octanol–water partition coefficient (Wildman–Crippen LogP) is 0.657. The molecule has 2 N–H and O–H groups in total. The summed E-state index contributed by atoms with van der Waals surface area (Å²) in [6.45, 7) is 2.84. The Morgan fingerprint density at radius 3 is 2.82 bits per heavy atom. The largest absolute Gasteiger partial charge is 0.481 e. The maximum Gasteiger partial charge on any atom is 0.306 e. The van der Waals surface area contributed by atoms with Crippen molar-refractivity contribution >= 4 is 5.97 Å². The van der Waals surface area contributed by atoms with Gasteiger partial charge in [0, 0.05) is 18.8 Å². The Morgan fingerprint density at radius 1 is 1.53 bits per heavy atom. The lowest BCUT2D eigenvalue weighted by Gasteiger charge is -2.19. The van der Waals surface area contributed by atoms with E-state index in [1.807, 2.05) is 37.1 Å². The molecule has 94 valence electrons. The molecular formula is C12H18N2O3. The maximum absolute atomic E-state index is 10.4. The molecule has 0 saturated heterocycles. The lowest BCUT2D eigenvalue weighted by Crippen LogP contribution is -2.30. The van der Waals surface area contributed by atoms with Crippen LogP contribution in [0.15, 0.2) is 18.2 Å². The minimum atomic E-state index is -0.986. The Bertz CT molecular complexity index is 382. The number of aryl methyl sites for hydroxylation is 1. The van der Waals surface area contributed by atoms with Gasteiger partial charge in [-0.2, -0.15) is 0 Å². The van der Waals surface area contributed by atoms with Crippen LogP contribution in [0, 0.1) is 6.92 Å². The van der Waals surface area contributed by atoms with Crippen molar-refractivity contribution in [2.75, 3.05) is 13.6 Å². The topological polar surface area (TPSA) is 73.7 Å². The van der Waals surface area contributed by atoms with Gasteiger partial charge >= 0.3 is 5.97 Å². The van der Waals surface area contributed by atoms with E-state index in [4.69, 9.17) is 5.11 Å². The van der Waals surface area contributed by atoms with Crippen molar-refractivity contribution < 1.29 is 15.0 Å². The van der Waals surface area contributed by atoms with Gasteiger partial charge < -0.3 is 10.2 Å². The molecule has 0 fully saturated rings. The number of hydrogen-bond donors (Lipinski definition) is 2. The van der Waals surface area contributed by atoms with Crippen LogP contribution in [-0.2, 0) is 11.3 Å². The van der Waals surface area contributed by atoms with Crippen molar-refractivity contribution in [1.82, 2.24) is 9.88 Å². The first-order valence-corrected chi connectivity index (χ1v) is 5.48. The van der Waals surface area contributed by atoms with Gasteiger partial charge in [-0.3, -0.25) is 14.7 Å². The summed E-state index contributed by atoms with van der Waals surface area (Å²) < 4.78 is 0. The molecule has 0 amide bonds. The summed E-state index contributed by atoms with van der Waals surface area (Å²) in [6, 6.07) is 5.76. The molecule has 0 radical (unpaired) electrons. The van der Waals surface area contributed by atoms with Gasteiger partial charge in [-0.05, 0) is 26.1 Å². The van der Waals surface area contributed by atoms with E-state index in [0.717, 1.165) is 11.4 Å². The van der Waals surface area contributed by atoms with E-state index in [0.29, 0.717) is 13.1 Å². The summed E-state index contributed by atoms with van der Waals surface area (Å²) in [7, 11) is 1.83. The number of hydrogen-bond acceptors (Lipinski definition) is 4. The van der Waals surface area contributed by atoms with E-state index in [-0.39, 0.29) is 6.42 Å². The Hall–Kier alpha value is -1.46. The molecule has 1 unspecified atom stereocenters. The standard InChI is InChI=1S/C12H18N2O3/c1-9-4-3-5-10(13-9)7-14(2)8-11(15)6-12(16)17/h3-5,11,15H,6-8H2,1-2H3,(H,16,17). The van der Waals surface area contributed by atoms with Gasteiger partial charge in [-0.15, -0.1) is 0 Å². The van der Waals surface area contributed by atoms with Crippen LogP contribution in [-0.4, -0.2) is 45.8 Å². The van der Waals surface area contributed by atoms with Gasteiger partial charge in [0.05, 0.1) is 18.2 Å². The molecule has 1 heterocycles. The Morgan fingerprint density at radius 2 is 2.24 bits per heavy atom. The fraction of sp³-hybridized carbons (Fsp3) is 0.500. The van der Waals surface area contributed by atoms with Crippen molar-refractivity contribution in [3.8, 4) is 0 Å². The molecule has 1 aromatic heterocycles. The van der Waals surface area contributed by atoms with Gasteiger partial charge in [0.25, 0.3) is 0 Å². The smallest absolute Gasteiger partial charge is 0.306 e. The van der Waals surface area contributed by atoms with Crippen LogP contribution < -0.4 is 0 Å². The molecule has 1 aromatic rings. The average Bonchev–Trinajstić information content (AvgIpc) is 2.14. The molecule has 0 aliphatic heterocycles. The molecule has 0 aliphatic rings. The summed E-state index contributed by atoms with van der Waals surface area (Å²) in [6.07, 6.45) is -1.08. The highest BCUT2D eigenvalue weighted by Crippen LogP contribution is 2.03. The number of carboxylic acids is 1. The molecule has 1 rings (SSSR count). The van der Waals surface area contributed by atoms with Gasteiger partial charge in [0.15, 0.2) is 0 Å². The van der Waals surface area contributed by atoms with E-state index >= 15 is 0 Å². The van der Waals surface area contributed by atoms with Gasteiger partial charge in [0.1, 0.15) is 0 Å². The minimum Gasteiger partial charge on any atom is -0.481 e. The second-order valence-corrected chi connectivity index (χ2v) is 4.22. The number of aliphatic hydroxyl groups is 1.